The van der Waals surface area contributed by atoms with Gasteiger partial charge < -0.3 is 10.1 Å². The number of hydrogen-bond donors (Lipinski definition) is 1. The molecule has 1 aliphatic rings. The third-order valence-electron chi connectivity index (χ3n) is 4.40. The summed E-state index contributed by atoms with van der Waals surface area (Å²) in [6.45, 7) is 0. The van der Waals surface area contributed by atoms with E-state index in [1.165, 1.54) is 17.4 Å². The van der Waals surface area contributed by atoms with E-state index in [4.69, 9.17) is 4.74 Å². The first-order valence-corrected chi connectivity index (χ1v) is 6.87. The number of nitrogens with one attached hydrogen (secondary N) is 1. The summed E-state index contributed by atoms with van der Waals surface area (Å²) in [5.41, 5.74) is 2.25. The molecule has 1 aromatic heterocycles. The van der Waals surface area contributed by atoms with Gasteiger partial charge in [-0.2, -0.15) is 0 Å². The number of benzene rings is 1. The van der Waals surface area contributed by atoms with Crippen LogP contribution in [0.3, 0.4) is 0 Å². The third-order valence-corrected chi connectivity index (χ3v) is 4.40. The summed E-state index contributed by atoms with van der Waals surface area (Å²) in [6, 6.07) is 10.7. The van der Waals surface area contributed by atoms with Gasteiger partial charge in [0, 0.05) is 18.7 Å². The van der Waals surface area contributed by atoms with Crippen molar-refractivity contribution in [2.75, 3.05) is 14.2 Å². The van der Waals surface area contributed by atoms with E-state index in [2.05, 4.69) is 34.6 Å². The predicted octanol–water partition coefficient (Wildman–Crippen LogP) is 3.06. The molecule has 0 spiro atoms. The zero-order chi connectivity index (χ0) is 13.3. The Bertz CT molecular complexity index is 567. The molecular formula is C16H20N2O. The quantitative estimate of drug-likeness (QED) is 0.913. The van der Waals surface area contributed by atoms with Crippen LogP contribution in [-0.2, 0) is 4.74 Å². The number of ether oxygens (including phenoxy) is 1. The maximum absolute atomic E-state index is 5.84. The van der Waals surface area contributed by atoms with E-state index in [-0.39, 0.29) is 11.6 Å². The number of nitrogens with zero attached hydrogens (tertiary/aromatic N) is 1. The van der Waals surface area contributed by atoms with Gasteiger partial charge in [0.2, 0.25) is 0 Å². The highest BCUT2D eigenvalue weighted by Crippen LogP contribution is 2.45. The number of hydrogen-bond acceptors (Lipinski definition) is 3. The lowest BCUT2D eigenvalue weighted by molar-refractivity contribution is -0.0980. The molecule has 1 saturated carbocycles. The number of rotatable bonds is 4. The SMILES string of the molecule is CNC(c1cccc2cccnc12)C1(OC)CCC1. The highest BCUT2D eigenvalue weighted by atomic mass is 16.5. The van der Waals surface area contributed by atoms with Gasteiger partial charge in [-0.3, -0.25) is 4.98 Å². The number of likely N-dealkylation sites (N-methyl/N-ethyl adjacent to an activating group) is 1. The molecule has 3 nitrogen and oxygen atoms in total. The molecule has 1 atom stereocenters. The largest absolute Gasteiger partial charge is 0.376 e. The zero-order valence-corrected chi connectivity index (χ0v) is 11.5. The minimum atomic E-state index is -0.0689. The van der Waals surface area contributed by atoms with E-state index >= 15 is 0 Å². The number of methoxy groups -OCH3 is 1. The van der Waals surface area contributed by atoms with Crippen LogP contribution in [0, 0.1) is 0 Å². The third kappa shape index (κ3) is 1.94. The topological polar surface area (TPSA) is 34.2 Å². The Kier molecular flexibility index (Phi) is 3.25. The number of pyridine rings is 1. The lowest BCUT2D eigenvalue weighted by Gasteiger charge is -2.46. The molecular weight excluding hydrogens is 236 g/mol. The van der Waals surface area contributed by atoms with Crippen LogP contribution in [0.25, 0.3) is 10.9 Å². The molecule has 0 aliphatic heterocycles. The molecule has 19 heavy (non-hydrogen) atoms. The molecule has 0 bridgehead atoms. The second-order valence-electron chi connectivity index (χ2n) is 5.27. The van der Waals surface area contributed by atoms with E-state index in [9.17, 15) is 0 Å². The lowest BCUT2D eigenvalue weighted by Crippen LogP contribution is -2.49. The van der Waals surface area contributed by atoms with Crippen molar-refractivity contribution >= 4 is 10.9 Å². The highest BCUT2D eigenvalue weighted by Gasteiger charge is 2.45. The van der Waals surface area contributed by atoms with Crippen LogP contribution in [0.4, 0.5) is 0 Å². The fraction of sp³-hybridized carbons (Fsp3) is 0.438. The smallest absolute Gasteiger partial charge is 0.0873 e. The summed E-state index contributed by atoms with van der Waals surface area (Å²) >= 11 is 0. The van der Waals surface area contributed by atoms with Gasteiger partial charge in [0.15, 0.2) is 0 Å². The summed E-state index contributed by atoms with van der Waals surface area (Å²) in [5.74, 6) is 0. The first kappa shape index (κ1) is 12.6. The minimum absolute atomic E-state index is 0.0689. The summed E-state index contributed by atoms with van der Waals surface area (Å²) in [7, 11) is 3.83. The van der Waals surface area contributed by atoms with E-state index in [0.717, 1.165) is 18.4 Å². The predicted molar refractivity (Wildman–Crippen MR) is 77.1 cm³/mol. The molecule has 1 unspecified atom stereocenters. The first-order chi connectivity index (χ1) is 9.30. The van der Waals surface area contributed by atoms with Gasteiger partial charge in [0.05, 0.1) is 17.2 Å². The molecule has 0 radical (unpaired) electrons. The number of para-hydroxylation sites is 1. The van der Waals surface area contributed by atoms with Gasteiger partial charge in [0.25, 0.3) is 0 Å². The van der Waals surface area contributed by atoms with Gasteiger partial charge >= 0.3 is 0 Å². The standard InChI is InChI=1S/C16H20N2O/c1-17-15(16(19-2)9-5-10-16)13-8-3-6-12-7-4-11-18-14(12)13/h3-4,6-8,11,15,17H,5,9-10H2,1-2H3. The van der Waals surface area contributed by atoms with Crippen LogP contribution in [0.15, 0.2) is 36.5 Å². The fourth-order valence-corrected chi connectivity index (χ4v) is 3.20. The molecule has 1 aromatic carbocycles. The number of aromatic nitrogens is 1. The molecule has 2 aromatic rings. The summed E-state index contributed by atoms with van der Waals surface area (Å²) in [6.07, 6.45) is 5.32. The van der Waals surface area contributed by atoms with Crippen molar-refractivity contribution in [3.05, 3.63) is 42.1 Å². The van der Waals surface area contributed by atoms with Gasteiger partial charge in [0.1, 0.15) is 0 Å². The van der Waals surface area contributed by atoms with Crippen molar-refractivity contribution < 1.29 is 4.74 Å². The Morgan fingerprint density at radius 3 is 2.68 bits per heavy atom. The Morgan fingerprint density at radius 1 is 1.26 bits per heavy atom. The molecule has 100 valence electrons. The van der Waals surface area contributed by atoms with Crippen molar-refractivity contribution in [3.63, 3.8) is 0 Å². The Balaban J connectivity index is 2.11. The normalized spacial score (nSPS) is 19.1. The van der Waals surface area contributed by atoms with Crippen molar-refractivity contribution in [3.8, 4) is 0 Å². The monoisotopic (exact) mass is 256 g/mol. The molecule has 0 saturated heterocycles. The summed E-state index contributed by atoms with van der Waals surface area (Å²) in [4.78, 5) is 4.56. The van der Waals surface area contributed by atoms with Crippen LogP contribution >= 0.6 is 0 Å². The minimum Gasteiger partial charge on any atom is -0.376 e. The lowest BCUT2D eigenvalue weighted by atomic mass is 9.72. The van der Waals surface area contributed by atoms with Gasteiger partial charge in [-0.05, 0) is 37.9 Å². The maximum atomic E-state index is 5.84. The van der Waals surface area contributed by atoms with E-state index in [1.807, 2.05) is 26.4 Å². The molecule has 1 N–H and O–H groups in total. The Hall–Kier alpha value is -1.45. The van der Waals surface area contributed by atoms with Crippen LogP contribution in [-0.4, -0.2) is 24.7 Å². The van der Waals surface area contributed by atoms with Crippen LogP contribution in [0.2, 0.25) is 0 Å². The van der Waals surface area contributed by atoms with Crippen LogP contribution < -0.4 is 5.32 Å². The van der Waals surface area contributed by atoms with Crippen molar-refractivity contribution in [1.29, 1.82) is 0 Å². The molecule has 1 heterocycles. The van der Waals surface area contributed by atoms with E-state index < -0.39 is 0 Å². The number of fused-ring (bicyclic) bond motifs is 1. The fourth-order valence-electron chi connectivity index (χ4n) is 3.20. The average molecular weight is 256 g/mol. The zero-order valence-electron chi connectivity index (χ0n) is 11.5. The van der Waals surface area contributed by atoms with Crippen molar-refractivity contribution in [2.24, 2.45) is 0 Å². The van der Waals surface area contributed by atoms with Crippen LogP contribution in [0.5, 0.6) is 0 Å². The van der Waals surface area contributed by atoms with E-state index in [0.29, 0.717) is 0 Å². The first-order valence-electron chi connectivity index (χ1n) is 6.87. The molecule has 1 fully saturated rings. The van der Waals surface area contributed by atoms with Crippen LogP contribution in [0.1, 0.15) is 30.9 Å². The van der Waals surface area contributed by atoms with Crippen molar-refractivity contribution in [1.82, 2.24) is 10.3 Å². The molecule has 1 aliphatic carbocycles. The van der Waals surface area contributed by atoms with Crippen molar-refractivity contribution in [2.45, 2.75) is 30.9 Å². The average Bonchev–Trinajstić information content (AvgIpc) is 2.42. The van der Waals surface area contributed by atoms with E-state index in [1.54, 1.807) is 0 Å². The maximum Gasteiger partial charge on any atom is 0.0873 e. The molecule has 0 amide bonds. The van der Waals surface area contributed by atoms with Gasteiger partial charge in [-0.25, -0.2) is 0 Å². The Morgan fingerprint density at radius 2 is 2.05 bits per heavy atom. The van der Waals surface area contributed by atoms with Gasteiger partial charge in [-0.1, -0.05) is 24.3 Å². The molecule has 3 rings (SSSR count). The summed E-state index contributed by atoms with van der Waals surface area (Å²) in [5, 5.41) is 4.63. The van der Waals surface area contributed by atoms with Gasteiger partial charge in [-0.15, -0.1) is 0 Å². The second-order valence-corrected chi connectivity index (χ2v) is 5.27. The summed E-state index contributed by atoms with van der Waals surface area (Å²) < 4.78 is 5.84. The second kappa shape index (κ2) is 4.91. The molecule has 3 heteroatoms. The Labute approximate surface area is 114 Å². The highest BCUT2D eigenvalue weighted by molar-refractivity contribution is 5.82.